The number of H-pyrrole nitrogens is 1. The Morgan fingerprint density at radius 3 is 2.75 bits per heavy atom. The molecule has 0 bridgehead atoms. The number of aromatic amines is 1. The SMILES string of the molecule is Cc1cc(=O)c2cccc(-c3ccc(C(=O)N4CCC[C@H](C#N)C4)cc3)c2[nH]1. The molecule has 3 aromatic rings. The minimum Gasteiger partial charge on any atom is -0.358 e. The van der Waals surface area contributed by atoms with E-state index >= 15 is 0 Å². The molecule has 5 heteroatoms. The molecule has 1 aromatic heterocycles. The van der Waals surface area contributed by atoms with Crippen LogP contribution in [0.5, 0.6) is 0 Å². The van der Waals surface area contributed by atoms with Crippen LogP contribution in [0.3, 0.4) is 0 Å². The van der Waals surface area contributed by atoms with E-state index in [-0.39, 0.29) is 17.3 Å². The highest BCUT2D eigenvalue weighted by atomic mass is 16.2. The quantitative estimate of drug-likeness (QED) is 0.743. The van der Waals surface area contributed by atoms with Gasteiger partial charge in [-0.3, -0.25) is 9.59 Å². The van der Waals surface area contributed by atoms with E-state index in [2.05, 4.69) is 11.1 Å². The van der Waals surface area contributed by atoms with Gasteiger partial charge in [0.1, 0.15) is 0 Å². The maximum atomic E-state index is 12.8. The van der Waals surface area contributed by atoms with Crippen LogP contribution >= 0.6 is 0 Å². The highest BCUT2D eigenvalue weighted by Gasteiger charge is 2.24. The van der Waals surface area contributed by atoms with Crippen LogP contribution in [0.1, 0.15) is 28.9 Å². The number of aromatic nitrogens is 1. The summed E-state index contributed by atoms with van der Waals surface area (Å²) in [5.74, 6) is -0.110. The number of hydrogen-bond donors (Lipinski definition) is 1. The second-order valence-electron chi connectivity index (χ2n) is 7.34. The fraction of sp³-hybridized carbons (Fsp3) is 0.261. The Hall–Kier alpha value is -3.39. The normalized spacial score (nSPS) is 16.7. The summed E-state index contributed by atoms with van der Waals surface area (Å²) >= 11 is 0. The highest BCUT2D eigenvalue weighted by Crippen LogP contribution is 2.27. The van der Waals surface area contributed by atoms with Crippen LogP contribution in [0.15, 0.2) is 53.3 Å². The number of aryl methyl sites for hydroxylation is 1. The molecule has 5 nitrogen and oxygen atoms in total. The molecule has 4 rings (SSSR count). The summed E-state index contributed by atoms with van der Waals surface area (Å²) in [5.41, 5.74) is 4.11. The topological polar surface area (TPSA) is 77.0 Å². The lowest BCUT2D eigenvalue weighted by molar-refractivity contribution is 0.0699. The third-order valence-corrected chi connectivity index (χ3v) is 5.33. The Balaban J connectivity index is 1.66. The molecule has 0 spiro atoms. The molecule has 2 aromatic carbocycles. The van der Waals surface area contributed by atoms with Crippen LogP contribution in [-0.4, -0.2) is 28.9 Å². The maximum absolute atomic E-state index is 12.8. The molecule has 28 heavy (non-hydrogen) atoms. The summed E-state index contributed by atoms with van der Waals surface area (Å²) in [6.45, 7) is 3.07. The number of fused-ring (bicyclic) bond motifs is 1. The first kappa shape index (κ1) is 18.0. The van der Waals surface area contributed by atoms with Gasteiger partial charge in [-0.1, -0.05) is 24.3 Å². The summed E-state index contributed by atoms with van der Waals surface area (Å²) in [5, 5.41) is 9.79. The lowest BCUT2D eigenvalue weighted by Gasteiger charge is -2.29. The molecule has 1 aliphatic heterocycles. The van der Waals surface area contributed by atoms with Crippen LogP contribution in [0.4, 0.5) is 0 Å². The molecule has 2 heterocycles. The second-order valence-corrected chi connectivity index (χ2v) is 7.34. The largest absolute Gasteiger partial charge is 0.358 e. The Bertz CT molecular complexity index is 1140. The van der Waals surface area contributed by atoms with E-state index in [0.29, 0.717) is 24.0 Å². The number of carbonyl (C=O) groups is 1. The summed E-state index contributed by atoms with van der Waals surface area (Å²) in [6, 6.07) is 17.0. The lowest BCUT2D eigenvalue weighted by atomic mass is 9.98. The number of hydrogen-bond acceptors (Lipinski definition) is 3. The summed E-state index contributed by atoms with van der Waals surface area (Å²) in [4.78, 5) is 30.1. The Morgan fingerprint density at radius 1 is 1.21 bits per heavy atom. The standard InChI is InChI=1S/C23H21N3O2/c1-15-12-21(27)20-6-2-5-19(22(20)25-15)17-7-9-18(10-8-17)23(28)26-11-3-4-16(13-24)14-26/h2,5-10,12,16H,3-4,11,14H2,1H3,(H,25,27)/t16-/m1/s1. The number of nitrogens with one attached hydrogen (secondary N) is 1. The van der Waals surface area contributed by atoms with E-state index in [1.54, 1.807) is 11.0 Å². The zero-order valence-electron chi connectivity index (χ0n) is 15.7. The van der Waals surface area contributed by atoms with E-state index < -0.39 is 0 Å². The minimum absolute atomic E-state index is 0.00274. The van der Waals surface area contributed by atoms with Gasteiger partial charge in [0.2, 0.25) is 0 Å². The average molecular weight is 371 g/mol. The van der Waals surface area contributed by atoms with Crippen molar-refractivity contribution in [1.29, 1.82) is 5.26 Å². The van der Waals surface area contributed by atoms with Gasteiger partial charge in [0, 0.05) is 41.4 Å². The Morgan fingerprint density at radius 2 is 2.00 bits per heavy atom. The lowest BCUT2D eigenvalue weighted by Crippen LogP contribution is -2.39. The third-order valence-electron chi connectivity index (χ3n) is 5.33. The van der Waals surface area contributed by atoms with Crippen molar-refractivity contribution in [2.45, 2.75) is 19.8 Å². The zero-order valence-corrected chi connectivity index (χ0v) is 15.7. The number of rotatable bonds is 2. The number of para-hydroxylation sites is 1. The third kappa shape index (κ3) is 3.29. The van der Waals surface area contributed by atoms with E-state index in [9.17, 15) is 9.59 Å². The van der Waals surface area contributed by atoms with Gasteiger partial charge in [0.05, 0.1) is 17.5 Å². The average Bonchev–Trinajstić information content (AvgIpc) is 2.73. The number of amides is 1. The van der Waals surface area contributed by atoms with Crippen molar-refractivity contribution in [1.82, 2.24) is 9.88 Å². The Labute approximate surface area is 163 Å². The minimum atomic E-state index is -0.0762. The van der Waals surface area contributed by atoms with Crippen molar-refractivity contribution in [3.05, 3.63) is 70.0 Å². The van der Waals surface area contributed by atoms with Gasteiger partial charge in [-0.05, 0) is 43.5 Å². The molecular formula is C23H21N3O2. The van der Waals surface area contributed by atoms with Crippen molar-refractivity contribution >= 4 is 16.8 Å². The molecule has 1 amide bonds. The van der Waals surface area contributed by atoms with Gasteiger partial charge >= 0.3 is 0 Å². The molecule has 0 radical (unpaired) electrons. The monoisotopic (exact) mass is 371 g/mol. The fourth-order valence-electron chi connectivity index (χ4n) is 3.88. The number of carbonyl (C=O) groups excluding carboxylic acids is 1. The first-order valence-corrected chi connectivity index (χ1v) is 9.49. The molecule has 1 saturated heterocycles. The van der Waals surface area contributed by atoms with Crippen molar-refractivity contribution < 1.29 is 4.79 Å². The maximum Gasteiger partial charge on any atom is 0.253 e. The van der Waals surface area contributed by atoms with Gasteiger partial charge in [0.15, 0.2) is 5.43 Å². The van der Waals surface area contributed by atoms with Gasteiger partial charge in [-0.2, -0.15) is 5.26 Å². The van der Waals surface area contributed by atoms with Gasteiger partial charge < -0.3 is 9.88 Å². The molecule has 0 aliphatic carbocycles. The first-order valence-electron chi connectivity index (χ1n) is 9.49. The number of nitriles is 1. The van der Waals surface area contributed by atoms with E-state index in [0.717, 1.165) is 35.2 Å². The highest BCUT2D eigenvalue weighted by molar-refractivity contribution is 5.97. The molecule has 1 N–H and O–H groups in total. The number of benzene rings is 2. The first-order chi connectivity index (χ1) is 13.6. The number of nitrogens with zero attached hydrogens (tertiary/aromatic N) is 2. The molecule has 1 aliphatic rings. The smallest absolute Gasteiger partial charge is 0.253 e. The van der Waals surface area contributed by atoms with Crippen LogP contribution < -0.4 is 5.43 Å². The predicted octanol–water partition coefficient (Wildman–Crippen LogP) is 3.88. The summed E-state index contributed by atoms with van der Waals surface area (Å²) in [7, 11) is 0. The number of piperidine rings is 1. The van der Waals surface area contributed by atoms with Gasteiger partial charge in [-0.25, -0.2) is 0 Å². The molecular weight excluding hydrogens is 350 g/mol. The number of pyridine rings is 1. The van der Waals surface area contributed by atoms with E-state index in [1.807, 2.05) is 49.4 Å². The Kier molecular flexibility index (Phi) is 4.70. The molecule has 0 saturated carbocycles. The second kappa shape index (κ2) is 7.32. The number of likely N-dealkylation sites (tertiary alicyclic amines) is 1. The molecule has 0 unspecified atom stereocenters. The van der Waals surface area contributed by atoms with Gasteiger partial charge in [-0.15, -0.1) is 0 Å². The van der Waals surface area contributed by atoms with Crippen LogP contribution in [0.2, 0.25) is 0 Å². The summed E-state index contributed by atoms with van der Waals surface area (Å²) in [6.07, 6.45) is 1.72. The van der Waals surface area contributed by atoms with Crippen molar-refractivity contribution in [2.24, 2.45) is 5.92 Å². The van der Waals surface area contributed by atoms with Crippen molar-refractivity contribution in [3.8, 4) is 17.2 Å². The van der Waals surface area contributed by atoms with Crippen LogP contribution in [-0.2, 0) is 0 Å². The fourth-order valence-corrected chi connectivity index (χ4v) is 3.88. The predicted molar refractivity (Wildman–Crippen MR) is 109 cm³/mol. The van der Waals surface area contributed by atoms with Gasteiger partial charge in [0.25, 0.3) is 5.91 Å². The summed E-state index contributed by atoms with van der Waals surface area (Å²) < 4.78 is 0. The molecule has 1 atom stereocenters. The zero-order chi connectivity index (χ0) is 19.7. The van der Waals surface area contributed by atoms with E-state index in [1.165, 1.54) is 0 Å². The van der Waals surface area contributed by atoms with Crippen molar-refractivity contribution in [3.63, 3.8) is 0 Å². The van der Waals surface area contributed by atoms with Crippen LogP contribution in [0, 0.1) is 24.2 Å². The van der Waals surface area contributed by atoms with E-state index in [4.69, 9.17) is 5.26 Å². The molecule has 1 fully saturated rings. The van der Waals surface area contributed by atoms with Crippen molar-refractivity contribution in [2.75, 3.05) is 13.1 Å². The van der Waals surface area contributed by atoms with Crippen LogP contribution in [0.25, 0.3) is 22.0 Å². The molecule has 140 valence electrons.